The van der Waals surface area contributed by atoms with Gasteiger partial charge < -0.3 is 4.42 Å². The predicted octanol–water partition coefficient (Wildman–Crippen LogP) is 4.41. The topological polar surface area (TPSA) is 26.0 Å². The fourth-order valence-electron chi connectivity index (χ4n) is 3.45. The van der Waals surface area contributed by atoms with Gasteiger partial charge in [0, 0.05) is 0 Å². The quantitative estimate of drug-likeness (QED) is 0.360. The molecule has 0 bridgehead atoms. The van der Waals surface area contributed by atoms with E-state index in [2.05, 4.69) is 97.9 Å². The highest BCUT2D eigenvalue weighted by molar-refractivity contribution is 8.04. The van der Waals surface area contributed by atoms with E-state index in [9.17, 15) is 0 Å². The third-order valence-electron chi connectivity index (χ3n) is 4.54. The zero-order valence-electron chi connectivity index (χ0n) is 15.2. The number of thioether (sulfide) groups is 1. The Labute approximate surface area is 165 Å². The number of oxazole rings is 1. The standard InChI is InChI=1S/C23H21NOPS/c1-2-27-23-22(24-18-25-23)26(19-12-6-3-7-13-19,20-14-8-4-9-15-20)21-16-10-5-11-17-21/h3-18H,2H2,1H3/q+1. The Morgan fingerprint density at radius 3 is 1.59 bits per heavy atom. The summed E-state index contributed by atoms with van der Waals surface area (Å²) < 4.78 is 5.86. The molecular formula is C23H21NOPS+. The minimum atomic E-state index is -2.15. The lowest BCUT2D eigenvalue weighted by molar-refractivity contribution is 0.472. The van der Waals surface area contributed by atoms with Crippen molar-refractivity contribution in [2.45, 2.75) is 12.0 Å². The zero-order chi connectivity index (χ0) is 18.5. The van der Waals surface area contributed by atoms with Gasteiger partial charge in [0.2, 0.25) is 5.09 Å². The number of aromatic nitrogens is 1. The SMILES string of the molecule is CCSc1ocnc1[P+](c1ccccc1)(c1ccccc1)c1ccccc1. The number of nitrogens with zero attached hydrogens (tertiary/aromatic N) is 1. The Hall–Kier alpha value is -2.35. The first-order chi connectivity index (χ1) is 13.4. The molecule has 1 aromatic heterocycles. The Morgan fingerprint density at radius 1 is 0.741 bits per heavy atom. The highest BCUT2D eigenvalue weighted by atomic mass is 32.2. The summed E-state index contributed by atoms with van der Waals surface area (Å²) in [5, 5.41) is 4.78. The molecule has 134 valence electrons. The van der Waals surface area contributed by atoms with Gasteiger partial charge in [0.05, 0.1) is 0 Å². The Balaban J connectivity index is 2.12. The van der Waals surface area contributed by atoms with Crippen molar-refractivity contribution < 1.29 is 4.42 Å². The molecule has 0 atom stereocenters. The molecule has 0 N–H and O–H groups in total. The summed E-state index contributed by atoms with van der Waals surface area (Å²) in [4.78, 5) is 4.80. The Kier molecular flexibility index (Phi) is 5.42. The van der Waals surface area contributed by atoms with E-state index in [0.717, 1.165) is 16.3 Å². The van der Waals surface area contributed by atoms with Gasteiger partial charge in [-0.15, -0.1) is 0 Å². The van der Waals surface area contributed by atoms with Gasteiger partial charge in [-0.1, -0.05) is 73.3 Å². The largest absolute Gasteiger partial charge is 0.433 e. The maximum Gasteiger partial charge on any atom is 0.250 e. The van der Waals surface area contributed by atoms with Crippen molar-refractivity contribution in [3.8, 4) is 0 Å². The average molecular weight is 390 g/mol. The molecular weight excluding hydrogens is 369 g/mol. The average Bonchev–Trinajstić information content (AvgIpc) is 3.20. The van der Waals surface area contributed by atoms with Crippen molar-refractivity contribution in [3.63, 3.8) is 0 Å². The van der Waals surface area contributed by atoms with Crippen LogP contribution in [0, 0.1) is 0 Å². The van der Waals surface area contributed by atoms with Crippen LogP contribution in [0.4, 0.5) is 0 Å². The van der Waals surface area contributed by atoms with E-state index in [4.69, 9.17) is 9.40 Å². The molecule has 27 heavy (non-hydrogen) atoms. The third-order valence-corrected chi connectivity index (χ3v) is 9.70. The molecule has 2 nitrogen and oxygen atoms in total. The van der Waals surface area contributed by atoms with Crippen LogP contribution in [0.15, 0.2) is 107 Å². The third kappa shape index (κ3) is 3.22. The summed E-state index contributed by atoms with van der Waals surface area (Å²) in [6.45, 7) is 2.14. The van der Waals surface area contributed by atoms with E-state index in [1.807, 2.05) is 0 Å². The zero-order valence-corrected chi connectivity index (χ0v) is 16.9. The molecule has 0 saturated carbocycles. The predicted molar refractivity (Wildman–Crippen MR) is 118 cm³/mol. The Morgan fingerprint density at radius 2 is 1.19 bits per heavy atom. The fraction of sp³-hybridized carbons (Fsp3) is 0.0870. The van der Waals surface area contributed by atoms with E-state index < -0.39 is 7.26 Å². The molecule has 0 radical (unpaired) electrons. The molecule has 0 unspecified atom stereocenters. The van der Waals surface area contributed by atoms with Gasteiger partial charge in [-0.3, -0.25) is 0 Å². The van der Waals surface area contributed by atoms with Crippen molar-refractivity contribution in [2.24, 2.45) is 0 Å². The van der Waals surface area contributed by atoms with Crippen LogP contribution in [0.25, 0.3) is 0 Å². The smallest absolute Gasteiger partial charge is 0.250 e. The molecule has 3 aromatic carbocycles. The van der Waals surface area contributed by atoms with Crippen LogP contribution in [0.2, 0.25) is 0 Å². The lowest BCUT2D eigenvalue weighted by Gasteiger charge is -2.25. The van der Waals surface area contributed by atoms with Crippen LogP contribution in [-0.4, -0.2) is 10.7 Å². The van der Waals surface area contributed by atoms with E-state index >= 15 is 0 Å². The van der Waals surface area contributed by atoms with Crippen molar-refractivity contribution in [2.75, 3.05) is 5.75 Å². The van der Waals surface area contributed by atoms with Crippen molar-refractivity contribution in [1.29, 1.82) is 0 Å². The summed E-state index contributed by atoms with van der Waals surface area (Å²) in [7, 11) is -2.15. The van der Waals surface area contributed by atoms with Gasteiger partial charge in [-0.05, 0) is 42.2 Å². The molecule has 0 amide bonds. The second-order valence-electron chi connectivity index (χ2n) is 6.07. The molecule has 4 heteroatoms. The van der Waals surface area contributed by atoms with Crippen LogP contribution in [0.1, 0.15) is 6.92 Å². The molecule has 0 aliphatic carbocycles. The summed E-state index contributed by atoms with van der Waals surface area (Å²) >= 11 is 1.72. The fourth-order valence-corrected chi connectivity index (χ4v) is 8.64. The van der Waals surface area contributed by atoms with Gasteiger partial charge in [-0.25, -0.2) is 0 Å². The summed E-state index contributed by atoms with van der Waals surface area (Å²) in [5.74, 6) is 0.945. The van der Waals surface area contributed by atoms with Gasteiger partial charge in [0.15, 0.2) is 13.7 Å². The molecule has 1 heterocycles. The van der Waals surface area contributed by atoms with Crippen LogP contribution >= 0.6 is 19.0 Å². The summed E-state index contributed by atoms with van der Waals surface area (Å²) in [6, 6.07) is 32.2. The summed E-state index contributed by atoms with van der Waals surface area (Å²) in [6.07, 6.45) is 1.59. The maximum absolute atomic E-state index is 5.86. The van der Waals surface area contributed by atoms with Crippen molar-refractivity contribution in [3.05, 3.63) is 97.4 Å². The highest BCUT2D eigenvalue weighted by Crippen LogP contribution is 2.55. The van der Waals surface area contributed by atoms with Crippen LogP contribution in [0.5, 0.6) is 0 Å². The van der Waals surface area contributed by atoms with Gasteiger partial charge in [-0.2, -0.15) is 4.98 Å². The lowest BCUT2D eigenvalue weighted by Crippen LogP contribution is -2.39. The second-order valence-corrected chi connectivity index (χ2v) is 10.6. The molecule has 0 fully saturated rings. The summed E-state index contributed by atoms with van der Waals surface area (Å²) in [5.41, 5.74) is 1.05. The first-order valence-electron chi connectivity index (χ1n) is 9.00. The maximum atomic E-state index is 5.86. The van der Waals surface area contributed by atoms with E-state index in [0.29, 0.717) is 0 Å². The first-order valence-corrected chi connectivity index (χ1v) is 11.8. The van der Waals surface area contributed by atoms with E-state index in [-0.39, 0.29) is 0 Å². The van der Waals surface area contributed by atoms with Crippen LogP contribution in [0.3, 0.4) is 0 Å². The van der Waals surface area contributed by atoms with E-state index in [1.54, 1.807) is 18.2 Å². The molecule has 0 spiro atoms. The number of rotatable bonds is 6. The van der Waals surface area contributed by atoms with Crippen LogP contribution in [-0.2, 0) is 0 Å². The molecule has 0 aliphatic rings. The molecule has 0 aliphatic heterocycles. The first kappa shape index (κ1) is 18.0. The second kappa shape index (κ2) is 8.12. The minimum Gasteiger partial charge on any atom is -0.433 e. The minimum absolute atomic E-state index is 0.919. The molecule has 4 rings (SSSR count). The van der Waals surface area contributed by atoms with Gasteiger partial charge in [0.1, 0.15) is 15.9 Å². The molecule has 4 aromatic rings. The number of hydrogen-bond acceptors (Lipinski definition) is 3. The van der Waals surface area contributed by atoms with Gasteiger partial charge in [0.25, 0.3) is 5.44 Å². The normalized spacial score (nSPS) is 11.4. The Bertz CT molecular complexity index is 890. The number of hydrogen-bond donors (Lipinski definition) is 0. The monoisotopic (exact) mass is 390 g/mol. The van der Waals surface area contributed by atoms with E-state index in [1.165, 1.54) is 15.9 Å². The van der Waals surface area contributed by atoms with Crippen molar-refractivity contribution >= 4 is 40.4 Å². The number of benzene rings is 3. The van der Waals surface area contributed by atoms with Crippen LogP contribution < -0.4 is 21.3 Å². The highest BCUT2D eigenvalue weighted by Gasteiger charge is 2.52. The van der Waals surface area contributed by atoms with Crippen molar-refractivity contribution in [1.82, 2.24) is 4.98 Å². The molecule has 0 saturated heterocycles. The lowest BCUT2D eigenvalue weighted by atomic mass is 10.4. The van der Waals surface area contributed by atoms with Gasteiger partial charge >= 0.3 is 0 Å².